The zero-order chi connectivity index (χ0) is 13.2. The molecular weight excluding hydrogens is 224 g/mol. The van der Waals surface area contributed by atoms with E-state index in [9.17, 15) is 4.79 Å². The van der Waals surface area contributed by atoms with Crippen molar-refractivity contribution in [2.24, 2.45) is 5.41 Å². The van der Waals surface area contributed by atoms with E-state index in [0.717, 1.165) is 31.5 Å². The van der Waals surface area contributed by atoms with E-state index in [0.29, 0.717) is 11.1 Å². The Bertz CT molecular complexity index is 423. The van der Waals surface area contributed by atoms with Gasteiger partial charge >= 0.3 is 0 Å². The number of nitrogen functional groups attached to an aromatic ring is 1. The van der Waals surface area contributed by atoms with E-state index >= 15 is 0 Å². The second-order valence-corrected chi connectivity index (χ2v) is 5.93. The van der Waals surface area contributed by atoms with Gasteiger partial charge in [0, 0.05) is 24.3 Å². The minimum Gasteiger partial charge on any atom is -0.399 e. The average molecular weight is 246 g/mol. The van der Waals surface area contributed by atoms with Gasteiger partial charge in [-0.15, -0.1) is 0 Å². The highest BCUT2D eigenvalue weighted by molar-refractivity contribution is 5.94. The molecule has 1 heterocycles. The van der Waals surface area contributed by atoms with Crippen LogP contribution < -0.4 is 5.73 Å². The van der Waals surface area contributed by atoms with Crippen LogP contribution in [-0.4, -0.2) is 23.9 Å². The Morgan fingerprint density at radius 2 is 1.83 bits per heavy atom. The molecular formula is C15H22N2O. The molecule has 0 unspecified atom stereocenters. The molecule has 0 spiro atoms. The van der Waals surface area contributed by atoms with Gasteiger partial charge < -0.3 is 10.6 Å². The molecule has 1 aliphatic heterocycles. The minimum absolute atomic E-state index is 0.132. The van der Waals surface area contributed by atoms with Crippen molar-refractivity contribution in [3.63, 3.8) is 0 Å². The Kier molecular flexibility index (Phi) is 3.60. The van der Waals surface area contributed by atoms with E-state index in [2.05, 4.69) is 13.8 Å². The maximum Gasteiger partial charge on any atom is 0.253 e. The van der Waals surface area contributed by atoms with Crippen molar-refractivity contribution in [3.8, 4) is 0 Å². The lowest BCUT2D eigenvalue weighted by atomic mass is 9.85. The minimum atomic E-state index is 0.132. The van der Waals surface area contributed by atoms with Crippen molar-refractivity contribution < 1.29 is 4.79 Å². The highest BCUT2D eigenvalue weighted by atomic mass is 16.2. The maximum absolute atomic E-state index is 12.4. The number of carbonyl (C=O) groups excluding carboxylic acids is 1. The third-order valence-electron chi connectivity index (χ3n) is 3.78. The van der Waals surface area contributed by atoms with Gasteiger partial charge in [0.2, 0.25) is 0 Å². The molecule has 0 aliphatic carbocycles. The van der Waals surface area contributed by atoms with Crippen molar-refractivity contribution in [1.29, 1.82) is 0 Å². The van der Waals surface area contributed by atoms with Crippen LogP contribution in [0.1, 0.15) is 43.5 Å². The predicted octanol–water partition coefficient (Wildman–Crippen LogP) is 2.92. The fourth-order valence-electron chi connectivity index (χ4n) is 2.43. The fraction of sp³-hybridized carbons (Fsp3) is 0.533. The van der Waals surface area contributed by atoms with Crippen LogP contribution in [0.3, 0.4) is 0 Å². The molecule has 1 aromatic carbocycles. The summed E-state index contributed by atoms with van der Waals surface area (Å²) in [6.45, 7) is 6.29. The fourth-order valence-corrected chi connectivity index (χ4v) is 2.43. The van der Waals surface area contributed by atoms with E-state index in [4.69, 9.17) is 5.73 Å². The summed E-state index contributed by atoms with van der Waals surface area (Å²) in [6, 6.07) is 7.20. The van der Waals surface area contributed by atoms with Crippen LogP contribution in [0, 0.1) is 5.41 Å². The first-order valence-corrected chi connectivity index (χ1v) is 6.63. The molecule has 0 atom stereocenters. The lowest BCUT2D eigenvalue weighted by Gasteiger charge is -2.23. The number of hydrogen-bond acceptors (Lipinski definition) is 2. The Morgan fingerprint density at radius 1 is 1.17 bits per heavy atom. The molecule has 0 saturated carbocycles. The molecule has 0 bridgehead atoms. The molecule has 1 amide bonds. The summed E-state index contributed by atoms with van der Waals surface area (Å²) in [5.41, 5.74) is 7.44. The normalized spacial score (nSPS) is 19.3. The molecule has 1 aliphatic rings. The Hall–Kier alpha value is -1.51. The van der Waals surface area contributed by atoms with E-state index < -0.39 is 0 Å². The molecule has 3 nitrogen and oxygen atoms in total. The molecule has 1 aromatic rings. The van der Waals surface area contributed by atoms with E-state index in [1.54, 1.807) is 12.1 Å². The molecule has 0 radical (unpaired) electrons. The van der Waals surface area contributed by atoms with Gasteiger partial charge in [0.05, 0.1) is 0 Å². The average Bonchev–Trinajstić information content (AvgIpc) is 2.50. The van der Waals surface area contributed by atoms with Crippen molar-refractivity contribution in [2.45, 2.75) is 33.1 Å². The molecule has 98 valence electrons. The van der Waals surface area contributed by atoms with Crippen molar-refractivity contribution in [3.05, 3.63) is 29.8 Å². The first-order chi connectivity index (χ1) is 8.48. The number of hydrogen-bond donors (Lipinski definition) is 1. The monoisotopic (exact) mass is 246 g/mol. The standard InChI is InChI=1S/C15H22N2O/c1-15(2)8-3-10-17(11-9-15)14(18)12-4-6-13(16)7-5-12/h4-7H,3,8-11,16H2,1-2H3. The second kappa shape index (κ2) is 5.01. The quantitative estimate of drug-likeness (QED) is 0.774. The lowest BCUT2D eigenvalue weighted by Crippen LogP contribution is -2.32. The summed E-state index contributed by atoms with van der Waals surface area (Å²) < 4.78 is 0. The van der Waals surface area contributed by atoms with Crippen LogP contribution in [-0.2, 0) is 0 Å². The molecule has 3 heteroatoms. The van der Waals surface area contributed by atoms with Crippen molar-refractivity contribution >= 4 is 11.6 Å². The van der Waals surface area contributed by atoms with Crippen LogP contribution in [0.5, 0.6) is 0 Å². The van der Waals surface area contributed by atoms with Gasteiger partial charge in [-0.1, -0.05) is 13.8 Å². The Morgan fingerprint density at radius 3 is 2.50 bits per heavy atom. The number of carbonyl (C=O) groups is 1. The smallest absolute Gasteiger partial charge is 0.253 e. The van der Waals surface area contributed by atoms with Crippen LogP contribution in [0.25, 0.3) is 0 Å². The molecule has 0 aromatic heterocycles. The summed E-state index contributed by atoms with van der Waals surface area (Å²) in [5.74, 6) is 0.132. The summed E-state index contributed by atoms with van der Waals surface area (Å²) in [6.07, 6.45) is 3.36. The Balaban J connectivity index is 2.07. The summed E-state index contributed by atoms with van der Waals surface area (Å²) >= 11 is 0. The largest absolute Gasteiger partial charge is 0.399 e. The number of benzene rings is 1. The van der Waals surface area contributed by atoms with Gasteiger partial charge in [0.1, 0.15) is 0 Å². The van der Waals surface area contributed by atoms with Crippen LogP contribution in [0.2, 0.25) is 0 Å². The van der Waals surface area contributed by atoms with Crippen molar-refractivity contribution in [1.82, 2.24) is 4.90 Å². The van der Waals surface area contributed by atoms with Gasteiger partial charge in [0.15, 0.2) is 0 Å². The van der Waals surface area contributed by atoms with E-state index in [1.807, 2.05) is 17.0 Å². The highest BCUT2D eigenvalue weighted by Gasteiger charge is 2.25. The van der Waals surface area contributed by atoms with E-state index in [-0.39, 0.29) is 5.91 Å². The van der Waals surface area contributed by atoms with Crippen LogP contribution in [0.4, 0.5) is 5.69 Å². The number of nitrogens with two attached hydrogens (primary N) is 1. The number of rotatable bonds is 1. The van der Waals surface area contributed by atoms with Crippen molar-refractivity contribution in [2.75, 3.05) is 18.8 Å². The van der Waals surface area contributed by atoms with E-state index in [1.165, 1.54) is 6.42 Å². The van der Waals surface area contributed by atoms with Crippen LogP contribution >= 0.6 is 0 Å². The highest BCUT2D eigenvalue weighted by Crippen LogP contribution is 2.30. The molecule has 18 heavy (non-hydrogen) atoms. The summed E-state index contributed by atoms with van der Waals surface area (Å²) in [7, 11) is 0. The zero-order valence-corrected chi connectivity index (χ0v) is 11.3. The first-order valence-electron chi connectivity index (χ1n) is 6.63. The SMILES string of the molecule is CC1(C)CCCN(C(=O)c2ccc(N)cc2)CC1. The number of likely N-dealkylation sites (tertiary alicyclic amines) is 1. The number of anilines is 1. The predicted molar refractivity (Wildman–Crippen MR) is 74.4 cm³/mol. The molecule has 1 saturated heterocycles. The van der Waals surface area contributed by atoms with Gasteiger partial charge in [0.25, 0.3) is 5.91 Å². The summed E-state index contributed by atoms with van der Waals surface area (Å²) in [4.78, 5) is 14.3. The van der Waals surface area contributed by atoms with Gasteiger partial charge in [-0.2, -0.15) is 0 Å². The summed E-state index contributed by atoms with van der Waals surface area (Å²) in [5, 5.41) is 0. The number of amides is 1. The molecule has 1 fully saturated rings. The maximum atomic E-state index is 12.4. The lowest BCUT2D eigenvalue weighted by molar-refractivity contribution is 0.0757. The molecule has 2 N–H and O–H groups in total. The number of nitrogens with zero attached hydrogens (tertiary/aromatic N) is 1. The first kappa shape index (κ1) is 12.9. The van der Waals surface area contributed by atoms with Gasteiger partial charge in [-0.05, 0) is 48.9 Å². The third-order valence-corrected chi connectivity index (χ3v) is 3.78. The van der Waals surface area contributed by atoms with Gasteiger partial charge in [-0.3, -0.25) is 4.79 Å². The topological polar surface area (TPSA) is 46.3 Å². The van der Waals surface area contributed by atoms with Crippen LogP contribution in [0.15, 0.2) is 24.3 Å². The third kappa shape index (κ3) is 3.03. The second-order valence-electron chi connectivity index (χ2n) is 5.93. The zero-order valence-electron chi connectivity index (χ0n) is 11.3. The Labute approximate surface area is 109 Å². The van der Waals surface area contributed by atoms with Gasteiger partial charge in [-0.25, -0.2) is 0 Å². The molecule has 2 rings (SSSR count).